The summed E-state index contributed by atoms with van der Waals surface area (Å²) in [6.45, 7) is 4.45. The highest BCUT2D eigenvalue weighted by atomic mass is 35.5. The van der Waals surface area contributed by atoms with Crippen molar-refractivity contribution in [3.63, 3.8) is 0 Å². The van der Waals surface area contributed by atoms with Crippen LogP contribution in [-0.2, 0) is 13.0 Å². The van der Waals surface area contributed by atoms with Gasteiger partial charge in [0.05, 0.1) is 24.7 Å². The number of nitrogens with zero attached hydrogens (tertiary/aromatic N) is 4. The Morgan fingerprint density at radius 2 is 2.04 bits per heavy atom. The molecule has 8 heteroatoms. The average Bonchev–Trinajstić information content (AvgIpc) is 2.89. The van der Waals surface area contributed by atoms with Crippen molar-refractivity contribution < 1.29 is 9.84 Å². The Hall–Kier alpha value is -2.38. The monoisotopic (exact) mass is 361 g/mol. The first-order valence-corrected chi connectivity index (χ1v) is 8.24. The SMILES string of the molecule is COc1c(C)ncc(Cn2cc(CCO)c3c(Cl)nc(N)nc32)c1C. The summed E-state index contributed by atoms with van der Waals surface area (Å²) in [5.74, 6) is 0.889. The van der Waals surface area contributed by atoms with Crippen LogP contribution in [0.5, 0.6) is 5.75 Å². The fraction of sp³-hybridized carbons (Fsp3) is 0.353. The molecule has 0 spiro atoms. The van der Waals surface area contributed by atoms with Gasteiger partial charge in [-0.3, -0.25) is 4.98 Å². The molecule has 0 aliphatic carbocycles. The highest BCUT2D eigenvalue weighted by Gasteiger charge is 2.17. The first kappa shape index (κ1) is 17.4. The van der Waals surface area contributed by atoms with Crippen LogP contribution >= 0.6 is 11.6 Å². The molecule has 3 N–H and O–H groups in total. The molecule has 132 valence electrons. The van der Waals surface area contributed by atoms with Crippen molar-refractivity contribution in [3.8, 4) is 5.75 Å². The molecule has 0 aromatic carbocycles. The van der Waals surface area contributed by atoms with Gasteiger partial charge in [-0.15, -0.1) is 0 Å². The fourth-order valence-corrected chi connectivity index (χ4v) is 3.35. The molecule has 3 rings (SSSR count). The lowest BCUT2D eigenvalue weighted by Crippen LogP contribution is -2.06. The third-order valence-corrected chi connectivity index (χ3v) is 4.53. The lowest BCUT2D eigenvalue weighted by atomic mass is 10.1. The summed E-state index contributed by atoms with van der Waals surface area (Å²) in [5, 5.41) is 10.3. The Bertz CT molecular complexity index is 939. The number of methoxy groups -OCH3 is 1. The second-order valence-electron chi connectivity index (χ2n) is 5.85. The molecule has 25 heavy (non-hydrogen) atoms. The lowest BCUT2D eigenvalue weighted by Gasteiger charge is -2.13. The van der Waals surface area contributed by atoms with Gasteiger partial charge >= 0.3 is 0 Å². The molecule has 3 aromatic rings. The number of rotatable bonds is 5. The van der Waals surface area contributed by atoms with Crippen molar-refractivity contribution in [2.45, 2.75) is 26.8 Å². The van der Waals surface area contributed by atoms with Gasteiger partial charge in [-0.25, -0.2) is 4.98 Å². The summed E-state index contributed by atoms with van der Waals surface area (Å²) in [6, 6.07) is 0. The van der Waals surface area contributed by atoms with Crippen molar-refractivity contribution in [1.82, 2.24) is 19.5 Å². The quantitative estimate of drug-likeness (QED) is 0.676. The molecule has 0 saturated carbocycles. The third kappa shape index (κ3) is 3.12. The molecule has 0 unspecified atom stereocenters. The van der Waals surface area contributed by atoms with E-state index in [2.05, 4.69) is 15.0 Å². The van der Waals surface area contributed by atoms with Gasteiger partial charge in [0.15, 0.2) is 0 Å². The predicted molar refractivity (Wildman–Crippen MR) is 97.1 cm³/mol. The summed E-state index contributed by atoms with van der Waals surface area (Å²) in [4.78, 5) is 12.8. The molecule has 0 aliphatic rings. The van der Waals surface area contributed by atoms with Gasteiger partial charge in [-0.2, -0.15) is 4.98 Å². The predicted octanol–water partition coefficient (Wildman–Crippen LogP) is 2.27. The fourth-order valence-electron chi connectivity index (χ4n) is 3.06. The Kier molecular flexibility index (Phi) is 4.78. The molecule has 3 aromatic heterocycles. The van der Waals surface area contributed by atoms with E-state index in [0.717, 1.165) is 33.5 Å². The molecule has 0 radical (unpaired) electrons. The number of pyridine rings is 1. The van der Waals surface area contributed by atoms with Crippen molar-refractivity contribution in [2.24, 2.45) is 0 Å². The van der Waals surface area contributed by atoms with E-state index in [-0.39, 0.29) is 12.6 Å². The maximum Gasteiger partial charge on any atom is 0.223 e. The van der Waals surface area contributed by atoms with Crippen LogP contribution in [0.1, 0.15) is 22.4 Å². The van der Waals surface area contributed by atoms with E-state index in [1.807, 2.05) is 30.8 Å². The van der Waals surface area contributed by atoms with E-state index >= 15 is 0 Å². The Morgan fingerprint density at radius 3 is 2.72 bits per heavy atom. The highest BCUT2D eigenvalue weighted by Crippen LogP contribution is 2.30. The number of fused-ring (bicyclic) bond motifs is 1. The molecule has 0 atom stereocenters. The van der Waals surface area contributed by atoms with Crippen molar-refractivity contribution in [2.75, 3.05) is 19.5 Å². The zero-order chi connectivity index (χ0) is 18.1. The zero-order valence-electron chi connectivity index (χ0n) is 14.4. The minimum Gasteiger partial charge on any atom is -0.495 e. The number of hydrogen-bond donors (Lipinski definition) is 2. The second-order valence-corrected chi connectivity index (χ2v) is 6.21. The van der Waals surface area contributed by atoms with Gasteiger partial charge in [-0.1, -0.05) is 11.6 Å². The molecule has 0 amide bonds. The van der Waals surface area contributed by atoms with Crippen LogP contribution in [0.25, 0.3) is 11.0 Å². The van der Waals surface area contributed by atoms with Crippen molar-refractivity contribution in [3.05, 3.63) is 39.9 Å². The van der Waals surface area contributed by atoms with Crippen molar-refractivity contribution in [1.29, 1.82) is 0 Å². The standard InChI is InChI=1S/C17H20ClN5O2/c1-9-12(6-20-10(2)14(9)25-3)8-23-7-11(4-5-24)13-15(18)21-17(19)22-16(13)23/h6-7,24H,4-5,8H2,1-3H3,(H2,19,21,22). The number of aliphatic hydroxyl groups excluding tert-OH is 1. The van der Waals surface area contributed by atoms with Crippen LogP contribution in [0.2, 0.25) is 5.15 Å². The second kappa shape index (κ2) is 6.85. The van der Waals surface area contributed by atoms with Crippen LogP contribution in [0, 0.1) is 13.8 Å². The topological polar surface area (TPSA) is 99.1 Å². The maximum atomic E-state index is 9.32. The van der Waals surface area contributed by atoms with E-state index in [1.54, 1.807) is 7.11 Å². The molecule has 0 bridgehead atoms. The number of halogens is 1. The molecular formula is C17H20ClN5O2. The number of aromatic nitrogens is 4. The van der Waals surface area contributed by atoms with Gasteiger partial charge < -0.3 is 20.1 Å². The van der Waals surface area contributed by atoms with Gasteiger partial charge in [0.25, 0.3) is 0 Å². The highest BCUT2D eigenvalue weighted by molar-refractivity contribution is 6.34. The van der Waals surface area contributed by atoms with Crippen LogP contribution in [-0.4, -0.2) is 38.3 Å². The minimum absolute atomic E-state index is 0.0127. The summed E-state index contributed by atoms with van der Waals surface area (Å²) in [6.07, 6.45) is 4.22. The number of hydrogen-bond acceptors (Lipinski definition) is 6. The molecule has 7 nitrogen and oxygen atoms in total. The zero-order valence-corrected chi connectivity index (χ0v) is 15.1. The Labute approximate surface area is 150 Å². The van der Waals surface area contributed by atoms with Gasteiger partial charge in [0.2, 0.25) is 5.95 Å². The van der Waals surface area contributed by atoms with E-state index in [1.165, 1.54) is 0 Å². The van der Waals surface area contributed by atoms with Gasteiger partial charge in [-0.05, 0) is 37.0 Å². The molecule has 3 heterocycles. The minimum atomic E-state index is 0.0127. The van der Waals surface area contributed by atoms with E-state index < -0.39 is 0 Å². The smallest absolute Gasteiger partial charge is 0.223 e. The molecule has 0 aliphatic heterocycles. The average molecular weight is 362 g/mol. The number of ether oxygens (including phenoxy) is 1. The van der Waals surface area contributed by atoms with Crippen LogP contribution in [0.15, 0.2) is 12.4 Å². The van der Waals surface area contributed by atoms with E-state index in [9.17, 15) is 5.11 Å². The maximum absolute atomic E-state index is 9.32. The van der Waals surface area contributed by atoms with Crippen LogP contribution < -0.4 is 10.5 Å². The third-order valence-electron chi connectivity index (χ3n) is 4.26. The van der Waals surface area contributed by atoms with E-state index in [0.29, 0.717) is 23.8 Å². The molecule has 0 fully saturated rings. The summed E-state index contributed by atoms with van der Waals surface area (Å²) in [7, 11) is 1.64. The lowest BCUT2D eigenvalue weighted by molar-refractivity contribution is 0.300. The van der Waals surface area contributed by atoms with Gasteiger partial charge in [0.1, 0.15) is 16.5 Å². The van der Waals surface area contributed by atoms with Crippen molar-refractivity contribution >= 4 is 28.6 Å². The van der Waals surface area contributed by atoms with E-state index in [4.69, 9.17) is 22.1 Å². The molecule has 0 saturated heterocycles. The number of nitrogens with two attached hydrogens (primary N) is 1. The number of aryl methyl sites for hydroxylation is 1. The molecular weight excluding hydrogens is 342 g/mol. The summed E-state index contributed by atoms with van der Waals surface area (Å²) < 4.78 is 7.40. The number of aliphatic hydroxyl groups is 1. The number of nitrogen functional groups attached to an aromatic ring is 1. The van der Waals surface area contributed by atoms with Crippen LogP contribution in [0.3, 0.4) is 0 Å². The first-order valence-electron chi connectivity index (χ1n) is 7.86. The van der Waals surface area contributed by atoms with Gasteiger partial charge in [0, 0.05) is 19.0 Å². The first-order chi connectivity index (χ1) is 12.0. The van der Waals surface area contributed by atoms with Crippen LogP contribution in [0.4, 0.5) is 5.95 Å². The largest absolute Gasteiger partial charge is 0.495 e. The number of anilines is 1. The Morgan fingerprint density at radius 1 is 1.28 bits per heavy atom. The Balaban J connectivity index is 2.14. The normalized spacial score (nSPS) is 11.2. The summed E-state index contributed by atoms with van der Waals surface area (Å²) >= 11 is 6.26. The summed E-state index contributed by atoms with van der Waals surface area (Å²) in [5.41, 5.74) is 10.2.